The molecule has 0 aromatic heterocycles. The fraction of sp³-hybridized carbons (Fsp3) is 0.500. The molecule has 0 radical (unpaired) electrons. The third kappa shape index (κ3) is 4.71. The first kappa shape index (κ1) is 28.0. The van der Waals surface area contributed by atoms with Crippen molar-refractivity contribution >= 4 is 51.5 Å². The maximum absolute atomic E-state index is 13.7. The van der Waals surface area contributed by atoms with E-state index < -0.39 is 65.2 Å². The molecule has 212 valence electrons. The molecule has 40 heavy (non-hydrogen) atoms. The van der Waals surface area contributed by atoms with Crippen LogP contribution in [-0.2, 0) is 28.8 Å². The van der Waals surface area contributed by atoms with Gasteiger partial charge in [-0.3, -0.25) is 38.6 Å². The van der Waals surface area contributed by atoms with Crippen molar-refractivity contribution in [1.29, 1.82) is 0 Å². The normalized spacial score (nSPS) is 29.3. The van der Waals surface area contributed by atoms with Gasteiger partial charge in [-0.15, -0.1) is 0 Å². The third-order valence-electron chi connectivity index (χ3n) is 8.70. The zero-order valence-corrected chi connectivity index (χ0v) is 23.1. The Hall–Kier alpha value is -3.54. The number of phenols is 1. The summed E-state index contributed by atoms with van der Waals surface area (Å²) in [7, 11) is 0. The van der Waals surface area contributed by atoms with E-state index in [0.717, 1.165) is 15.4 Å². The van der Waals surface area contributed by atoms with Crippen LogP contribution >= 0.6 is 15.9 Å². The zero-order valence-electron chi connectivity index (χ0n) is 21.5. The molecule has 0 bridgehead atoms. The number of allylic oxidation sites excluding steroid dienone is 2. The summed E-state index contributed by atoms with van der Waals surface area (Å²) < 4.78 is 0.653. The van der Waals surface area contributed by atoms with Gasteiger partial charge in [0.15, 0.2) is 0 Å². The highest BCUT2D eigenvalue weighted by atomic mass is 79.9. The summed E-state index contributed by atoms with van der Waals surface area (Å²) in [4.78, 5) is 78.4. The van der Waals surface area contributed by atoms with Crippen molar-refractivity contribution in [2.45, 2.75) is 44.4 Å². The summed E-state index contributed by atoms with van der Waals surface area (Å²) in [5, 5.41) is 28.9. The first-order valence-corrected chi connectivity index (χ1v) is 14.1. The maximum Gasteiger partial charge on any atom is 0.303 e. The van der Waals surface area contributed by atoms with Crippen molar-refractivity contribution in [2.75, 3.05) is 13.1 Å². The Morgan fingerprint density at radius 1 is 0.825 bits per heavy atom. The highest BCUT2D eigenvalue weighted by Crippen LogP contribution is 2.59. The number of hydrogen-bond acceptors (Lipinski definition) is 7. The molecule has 5 rings (SSSR count). The van der Waals surface area contributed by atoms with E-state index in [1.54, 1.807) is 12.1 Å². The Morgan fingerprint density at radius 2 is 1.40 bits per heavy atom. The lowest BCUT2D eigenvalue weighted by atomic mass is 9.57. The van der Waals surface area contributed by atoms with Gasteiger partial charge in [-0.1, -0.05) is 27.6 Å². The van der Waals surface area contributed by atoms with Crippen LogP contribution in [0.2, 0.25) is 0 Å². The molecule has 6 atom stereocenters. The van der Waals surface area contributed by atoms with Crippen LogP contribution in [0, 0.1) is 29.6 Å². The number of carboxylic acid groups (broad SMARTS) is 2. The molecule has 4 aliphatic rings. The fourth-order valence-electron chi connectivity index (χ4n) is 7.06. The number of aliphatic carboxylic acids is 2. The average molecular weight is 617 g/mol. The molecule has 4 amide bonds. The van der Waals surface area contributed by atoms with Crippen LogP contribution in [0.1, 0.15) is 50.0 Å². The van der Waals surface area contributed by atoms with Crippen molar-refractivity contribution in [2.24, 2.45) is 29.6 Å². The summed E-state index contributed by atoms with van der Waals surface area (Å²) in [5.41, 5.74) is 1.17. The number of carboxylic acids is 2. The number of imide groups is 2. The SMILES string of the molecule is O=C(O)CCCN1C(=O)C2CC=C3C(CC4C(=O)N(CCCC(=O)O)C(=O)C4C3c3cc(Br)ccc3O)C2C1=O. The van der Waals surface area contributed by atoms with E-state index in [-0.39, 0.29) is 63.3 Å². The van der Waals surface area contributed by atoms with Crippen molar-refractivity contribution < 1.29 is 44.1 Å². The second-order valence-electron chi connectivity index (χ2n) is 10.9. The van der Waals surface area contributed by atoms with Crippen molar-refractivity contribution in [1.82, 2.24) is 9.80 Å². The standard InChI is InChI=1S/C28H29BrN2O9/c29-13-5-8-19(32)17(11-13)22-14-6-7-15-23(27(39)30(25(15)37)9-1-3-20(33)34)16(14)12-18-24(22)28(40)31(26(18)38)10-2-4-21(35)36/h5-6,8,11,15-16,18,22-24,32H,1-4,7,9-10,12H2,(H,33,34)(H,35,36). The van der Waals surface area contributed by atoms with Crippen LogP contribution in [-0.4, -0.2) is 73.8 Å². The number of aromatic hydroxyl groups is 1. The van der Waals surface area contributed by atoms with Gasteiger partial charge in [0.05, 0.1) is 23.7 Å². The number of carbonyl (C=O) groups is 6. The van der Waals surface area contributed by atoms with E-state index >= 15 is 0 Å². The minimum absolute atomic E-state index is 0.00427. The van der Waals surface area contributed by atoms with Gasteiger partial charge in [0.25, 0.3) is 0 Å². The Bertz CT molecular complexity index is 1340. The fourth-order valence-corrected chi connectivity index (χ4v) is 7.44. The topological polar surface area (TPSA) is 170 Å². The van der Waals surface area contributed by atoms with E-state index in [0.29, 0.717) is 10.0 Å². The number of halogens is 1. The van der Waals surface area contributed by atoms with Crippen molar-refractivity contribution in [3.63, 3.8) is 0 Å². The van der Waals surface area contributed by atoms with Gasteiger partial charge in [0.2, 0.25) is 23.6 Å². The molecular weight excluding hydrogens is 588 g/mol. The Balaban J connectivity index is 1.52. The van der Waals surface area contributed by atoms with Crippen molar-refractivity contribution in [3.05, 3.63) is 39.9 Å². The van der Waals surface area contributed by atoms with Gasteiger partial charge >= 0.3 is 11.9 Å². The Morgan fingerprint density at radius 3 is 2.00 bits per heavy atom. The van der Waals surface area contributed by atoms with Crippen molar-refractivity contribution in [3.8, 4) is 5.75 Å². The van der Waals surface area contributed by atoms with Crippen LogP contribution in [0.15, 0.2) is 34.3 Å². The highest BCUT2D eigenvalue weighted by molar-refractivity contribution is 9.10. The maximum atomic E-state index is 13.7. The Labute approximate surface area is 237 Å². The van der Waals surface area contributed by atoms with E-state index in [2.05, 4.69) is 15.9 Å². The lowest BCUT2D eigenvalue weighted by Crippen LogP contribution is -2.43. The Kier molecular flexibility index (Phi) is 7.56. The summed E-state index contributed by atoms with van der Waals surface area (Å²) >= 11 is 3.42. The van der Waals surface area contributed by atoms with Crippen LogP contribution in [0.5, 0.6) is 5.75 Å². The molecule has 2 aliphatic heterocycles. The molecule has 1 aromatic carbocycles. The lowest BCUT2D eigenvalue weighted by Gasteiger charge is -2.44. The van der Waals surface area contributed by atoms with E-state index in [1.807, 2.05) is 6.08 Å². The number of fused-ring (bicyclic) bond motifs is 4. The first-order chi connectivity index (χ1) is 19.0. The molecule has 2 saturated heterocycles. The average Bonchev–Trinajstić information content (AvgIpc) is 3.28. The van der Waals surface area contributed by atoms with Crippen LogP contribution in [0.3, 0.4) is 0 Å². The van der Waals surface area contributed by atoms with Gasteiger partial charge in [-0.05, 0) is 49.8 Å². The minimum atomic E-state index is -1.03. The summed E-state index contributed by atoms with van der Waals surface area (Å²) in [6.45, 7) is -0.0472. The number of likely N-dealkylation sites (tertiary alicyclic amines) is 2. The molecule has 3 N–H and O–H groups in total. The molecule has 12 heteroatoms. The highest BCUT2D eigenvalue weighted by Gasteiger charge is 2.62. The predicted octanol–water partition coefficient (Wildman–Crippen LogP) is 2.52. The van der Waals surface area contributed by atoms with E-state index in [4.69, 9.17) is 10.2 Å². The quantitative estimate of drug-likeness (QED) is 0.278. The second-order valence-corrected chi connectivity index (χ2v) is 11.8. The molecule has 0 spiro atoms. The van der Waals surface area contributed by atoms with E-state index in [9.17, 15) is 33.9 Å². The summed E-state index contributed by atoms with van der Waals surface area (Å²) in [6, 6.07) is 4.83. The van der Waals surface area contributed by atoms with Crippen LogP contribution in [0.4, 0.5) is 0 Å². The second kappa shape index (κ2) is 10.8. The lowest BCUT2D eigenvalue weighted by molar-refractivity contribution is -0.143. The minimum Gasteiger partial charge on any atom is -0.508 e. The molecule has 1 saturated carbocycles. The molecule has 3 fully saturated rings. The van der Waals surface area contributed by atoms with E-state index in [1.165, 1.54) is 6.07 Å². The number of amides is 4. The molecule has 1 aromatic rings. The van der Waals surface area contributed by atoms with Gasteiger partial charge in [-0.25, -0.2) is 0 Å². The van der Waals surface area contributed by atoms with Gasteiger partial charge in [0, 0.05) is 41.9 Å². The third-order valence-corrected chi connectivity index (χ3v) is 9.19. The molecule has 2 heterocycles. The predicted molar refractivity (Wildman–Crippen MR) is 140 cm³/mol. The molecule has 6 unspecified atom stereocenters. The van der Waals surface area contributed by atoms with Crippen LogP contribution in [0.25, 0.3) is 0 Å². The first-order valence-electron chi connectivity index (χ1n) is 13.3. The number of hydrogen-bond donors (Lipinski definition) is 3. The molecule has 11 nitrogen and oxygen atoms in total. The summed E-state index contributed by atoms with van der Waals surface area (Å²) in [5.74, 6) is -8.02. The number of nitrogens with zero attached hydrogens (tertiary/aromatic N) is 2. The zero-order chi connectivity index (χ0) is 28.9. The largest absolute Gasteiger partial charge is 0.508 e. The van der Waals surface area contributed by atoms with Crippen LogP contribution < -0.4 is 0 Å². The van der Waals surface area contributed by atoms with Gasteiger partial charge < -0.3 is 15.3 Å². The number of phenolic OH excluding ortho intramolecular Hbond substituents is 1. The molecular formula is C28H29BrN2O9. The molecule has 2 aliphatic carbocycles. The number of rotatable bonds is 9. The smallest absolute Gasteiger partial charge is 0.303 e. The number of carbonyl (C=O) groups excluding carboxylic acids is 4. The number of benzene rings is 1. The van der Waals surface area contributed by atoms with Gasteiger partial charge in [-0.2, -0.15) is 0 Å². The monoisotopic (exact) mass is 616 g/mol. The van der Waals surface area contributed by atoms with Gasteiger partial charge in [0.1, 0.15) is 5.75 Å². The summed E-state index contributed by atoms with van der Waals surface area (Å²) in [6.07, 6.45) is 2.15.